The first-order valence-electron chi connectivity index (χ1n) is 7.95. The highest BCUT2D eigenvalue weighted by Crippen LogP contribution is 2.24. The van der Waals surface area contributed by atoms with E-state index in [4.69, 9.17) is 16.0 Å². The lowest BCUT2D eigenvalue weighted by molar-refractivity contribution is -0.119. The quantitative estimate of drug-likeness (QED) is 0.699. The molecule has 0 saturated heterocycles. The van der Waals surface area contributed by atoms with Gasteiger partial charge in [0, 0.05) is 16.6 Å². The van der Waals surface area contributed by atoms with E-state index in [9.17, 15) is 4.79 Å². The molecule has 0 aliphatic heterocycles. The number of carbonyl (C=O) groups is 1. The fourth-order valence-electron chi connectivity index (χ4n) is 2.08. The van der Waals surface area contributed by atoms with Crippen LogP contribution < -0.4 is 5.32 Å². The molecule has 5 nitrogen and oxygen atoms in total. The maximum atomic E-state index is 11.9. The maximum Gasteiger partial charge on any atom is 0.277 e. The molecule has 0 unspecified atom stereocenters. The zero-order chi connectivity index (χ0) is 17.5. The Kier molecular flexibility index (Phi) is 7.12. The van der Waals surface area contributed by atoms with Crippen LogP contribution in [0.3, 0.4) is 0 Å². The second-order valence-corrected chi connectivity index (χ2v) is 7.47. The molecule has 7 heteroatoms. The molecule has 0 radical (unpaired) electrons. The second kappa shape index (κ2) is 9.08. The molecule has 1 heterocycles. The van der Waals surface area contributed by atoms with Crippen molar-refractivity contribution in [3.63, 3.8) is 0 Å². The summed E-state index contributed by atoms with van der Waals surface area (Å²) < 4.78 is 5.56. The maximum absolute atomic E-state index is 11.9. The molecule has 1 aromatic heterocycles. The Balaban J connectivity index is 1.80. The van der Waals surface area contributed by atoms with Gasteiger partial charge in [0.25, 0.3) is 5.22 Å². The highest BCUT2D eigenvalue weighted by Gasteiger charge is 2.13. The normalized spacial score (nSPS) is 12.4. The summed E-state index contributed by atoms with van der Waals surface area (Å²) in [4.78, 5) is 11.9. The molecule has 0 saturated carbocycles. The number of halogens is 1. The Morgan fingerprint density at radius 1 is 1.21 bits per heavy atom. The highest BCUT2D eigenvalue weighted by atomic mass is 35.5. The van der Waals surface area contributed by atoms with E-state index in [1.165, 1.54) is 11.8 Å². The van der Waals surface area contributed by atoms with E-state index in [-0.39, 0.29) is 17.7 Å². The molecule has 130 valence electrons. The van der Waals surface area contributed by atoms with Crippen molar-refractivity contribution in [2.24, 2.45) is 5.92 Å². The minimum absolute atomic E-state index is 0.0255. The number of amides is 1. The number of nitrogens with one attached hydrogen (secondary N) is 1. The molecular weight excluding hydrogens is 346 g/mol. The smallest absolute Gasteiger partial charge is 0.277 e. The number of nitrogens with zero attached hydrogens (tertiary/aromatic N) is 2. The van der Waals surface area contributed by atoms with Crippen LogP contribution in [-0.2, 0) is 4.79 Å². The van der Waals surface area contributed by atoms with Crippen molar-refractivity contribution in [1.82, 2.24) is 15.5 Å². The largest absolute Gasteiger partial charge is 0.411 e. The lowest BCUT2D eigenvalue weighted by Crippen LogP contribution is -2.34. The summed E-state index contributed by atoms with van der Waals surface area (Å²) in [6, 6.07) is 7.33. The van der Waals surface area contributed by atoms with Gasteiger partial charge in [-0.1, -0.05) is 37.2 Å². The number of carbonyl (C=O) groups excluding carboxylic acids is 1. The zero-order valence-electron chi connectivity index (χ0n) is 14.1. The monoisotopic (exact) mass is 367 g/mol. The van der Waals surface area contributed by atoms with Crippen LogP contribution in [0.4, 0.5) is 0 Å². The SMILES string of the molecule is CC(C)CC[C@@H](C)NC(=O)CSc1nnc(-c2ccc(Cl)cc2)o1. The molecule has 0 aliphatic carbocycles. The van der Waals surface area contributed by atoms with Crippen molar-refractivity contribution >= 4 is 29.3 Å². The Morgan fingerprint density at radius 3 is 2.58 bits per heavy atom. The van der Waals surface area contributed by atoms with Gasteiger partial charge in [-0.3, -0.25) is 4.79 Å². The van der Waals surface area contributed by atoms with Gasteiger partial charge in [-0.05, 0) is 49.9 Å². The van der Waals surface area contributed by atoms with Crippen molar-refractivity contribution in [3.05, 3.63) is 29.3 Å². The van der Waals surface area contributed by atoms with E-state index >= 15 is 0 Å². The Morgan fingerprint density at radius 2 is 1.92 bits per heavy atom. The van der Waals surface area contributed by atoms with E-state index in [1.807, 2.05) is 19.1 Å². The van der Waals surface area contributed by atoms with Crippen LogP contribution in [0.15, 0.2) is 33.9 Å². The summed E-state index contributed by atoms with van der Waals surface area (Å²) >= 11 is 7.09. The van der Waals surface area contributed by atoms with E-state index in [0.717, 1.165) is 18.4 Å². The van der Waals surface area contributed by atoms with Crippen molar-refractivity contribution in [2.45, 2.75) is 44.9 Å². The number of hydrogen-bond acceptors (Lipinski definition) is 5. The molecule has 2 aromatic rings. The van der Waals surface area contributed by atoms with Crippen molar-refractivity contribution in [3.8, 4) is 11.5 Å². The Labute approximate surface area is 151 Å². The first-order chi connectivity index (χ1) is 11.4. The van der Waals surface area contributed by atoms with E-state index in [2.05, 4.69) is 29.4 Å². The van der Waals surface area contributed by atoms with Gasteiger partial charge >= 0.3 is 0 Å². The standard InChI is InChI=1S/C17H22ClN3O2S/c1-11(2)4-5-12(3)19-15(22)10-24-17-21-20-16(23-17)13-6-8-14(18)9-7-13/h6-9,11-12H,4-5,10H2,1-3H3,(H,19,22)/t12-/m1/s1. The summed E-state index contributed by atoms with van der Waals surface area (Å²) in [6.45, 7) is 6.38. The van der Waals surface area contributed by atoms with E-state index in [1.54, 1.807) is 12.1 Å². The first-order valence-corrected chi connectivity index (χ1v) is 9.32. The summed E-state index contributed by atoms with van der Waals surface area (Å²) in [5, 5.41) is 12.0. The van der Waals surface area contributed by atoms with Crippen LogP contribution in [0, 0.1) is 5.92 Å². The van der Waals surface area contributed by atoms with Crippen LogP contribution in [0.1, 0.15) is 33.6 Å². The molecule has 2 rings (SSSR count). The van der Waals surface area contributed by atoms with Crippen LogP contribution in [-0.4, -0.2) is 27.9 Å². The minimum Gasteiger partial charge on any atom is -0.411 e. The Hall–Kier alpha value is -1.53. The highest BCUT2D eigenvalue weighted by molar-refractivity contribution is 7.99. The number of aromatic nitrogens is 2. The summed E-state index contributed by atoms with van der Waals surface area (Å²) in [7, 11) is 0. The van der Waals surface area contributed by atoms with Gasteiger partial charge in [0.2, 0.25) is 11.8 Å². The van der Waals surface area contributed by atoms with Crippen molar-refractivity contribution < 1.29 is 9.21 Å². The van der Waals surface area contributed by atoms with Gasteiger partial charge in [-0.2, -0.15) is 0 Å². The minimum atomic E-state index is -0.0255. The topological polar surface area (TPSA) is 68.0 Å². The third-order valence-corrected chi connectivity index (χ3v) is 4.48. The molecule has 1 N–H and O–H groups in total. The Bertz CT molecular complexity index is 658. The molecular formula is C17H22ClN3O2S. The number of rotatable bonds is 8. The van der Waals surface area contributed by atoms with E-state index < -0.39 is 0 Å². The summed E-state index contributed by atoms with van der Waals surface area (Å²) in [5.41, 5.74) is 0.797. The van der Waals surface area contributed by atoms with Gasteiger partial charge < -0.3 is 9.73 Å². The molecule has 0 bridgehead atoms. The first kappa shape index (κ1) is 18.8. The predicted molar refractivity (Wildman–Crippen MR) is 97.1 cm³/mol. The number of benzene rings is 1. The third-order valence-electron chi connectivity index (χ3n) is 3.41. The average molecular weight is 368 g/mol. The molecule has 1 atom stereocenters. The predicted octanol–water partition coefficient (Wildman–Crippen LogP) is 4.42. The van der Waals surface area contributed by atoms with Gasteiger partial charge in [0.15, 0.2) is 0 Å². The summed E-state index contributed by atoms with van der Waals surface area (Å²) in [5.74, 6) is 1.29. The number of hydrogen-bond donors (Lipinski definition) is 1. The van der Waals surface area contributed by atoms with Crippen LogP contribution >= 0.6 is 23.4 Å². The molecule has 0 aliphatic rings. The number of thioether (sulfide) groups is 1. The molecule has 24 heavy (non-hydrogen) atoms. The van der Waals surface area contributed by atoms with Crippen molar-refractivity contribution in [2.75, 3.05) is 5.75 Å². The average Bonchev–Trinajstić information content (AvgIpc) is 3.00. The molecule has 0 spiro atoms. The summed E-state index contributed by atoms with van der Waals surface area (Å²) in [6.07, 6.45) is 2.08. The molecule has 1 aromatic carbocycles. The van der Waals surface area contributed by atoms with Crippen LogP contribution in [0.25, 0.3) is 11.5 Å². The van der Waals surface area contributed by atoms with Crippen molar-refractivity contribution in [1.29, 1.82) is 0 Å². The third kappa shape index (κ3) is 6.17. The van der Waals surface area contributed by atoms with Crippen LogP contribution in [0.5, 0.6) is 0 Å². The van der Waals surface area contributed by atoms with Gasteiger partial charge in [-0.15, -0.1) is 10.2 Å². The van der Waals surface area contributed by atoms with Crippen LogP contribution in [0.2, 0.25) is 5.02 Å². The molecule has 1 amide bonds. The van der Waals surface area contributed by atoms with Gasteiger partial charge in [-0.25, -0.2) is 0 Å². The lowest BCUT2D eigenvalue weighted by Gasteiger charge is -2.14. The fourth-order valence-corrected chi connectivity index (χ4v) is 2.78. The lowest BCUT2D eigenvalue weighted by atomic mass is 10.0. The zero-order valence-corrected chi connectivity index (χ0v) is 15.7. The van der Waals surface area contributed by atoms with E-state index in [0.29, 0.717) is 22.1 Å². The fraction of sp³-hybridized carbons (Fsp3) is 0.471. The van der Waals surface area contributed by atoms with Gasteiger partial charge in [0.1, 0.15) is 0 Å². The molecule has 0 fully saturated rings. The second-order valence-electron chi connectivity index (χ2n) is 6.11. The van der Waals surface area contributed by atoms with Gasteiger partial charge in [0.05, 0.1) is 5.75 Å².